The van der Waals surface area contributed by atoms with Crippen LogP contribution in [0, 0.1) is 80.9 Å². The van der Waals surface area contributed by atoms with E-state index >= 15 is 0 Å². The van der Waals surface area contributed by atoms with Crippen LogP contribution < -0.4 is 32.5 Å². The number of aromatic hydroxyl groups is 1. The average Bonchev–Trinajstić information content (AvgIpc) is 1.41. The molecule has 0 atom stereocenters. The van der Waals surface area contributed by atoms with Crippen molar-refractivity contribution in [1.82, 2.24) is 57.6 Å². The molecule has 1 aliphatic heterocycles. The smallest absolute Gasteiger partial charge is 0.258 e. The van der Waals surface area contributed by atoms with Crippen LogP contribution in [0.4, 0.5) is 8.78 Å². The Balaban J connectivity index is 0.000000145. The van der Waals surface area contributed by atoms with E-state index in [1.165, 1.54) is 67.4 Å². The fourth-order valence-corrected chi connectivity index (χ4v) is 14.8. The van der Waals surface area contributed by atoms with E-state index < -0.39 is 0 Å². The fraction of sp³-hybridized carbons (Fsp3) is 0.262. The monoisotopic (exact) mass is 1530 g/mol. The highest BCUT2D eigenvalue weighted by molar-refractivity contribution is 7.18. The maximum Gasteiger partial charge on any atom is 0.258 e. The first-order valence-electron chi connectivity index (χ1n) is 35.6. The highest BCUT2D eigenvalue weighted by atomic mass is 32.1. The van der Waals surface area contributed by atoms with Gasteiger partial charge in [-0.3, -0.25) is 56.6 Å². The highest BCUT2D eigenvalue weighted by Crippen LogP contribution is 2.31. The number of morpholine rings is 1. The number of aromatic nitrogens is 10. The molecule has 1 N–H and O–H groups in total. The van der Waals surface area contributed by atoms with Crippen molar-refractivity contribution in [3.63, 3.8) is 0 Å². The number of hydrogen-bond acceptors (Lipinski definition) is 18. The van der Waals surface area contributed by atoms with Gasteiger partial charge in [-0.15, -0.1) is 0 Å². The largest absolute Gasteiger partial charge is 0.508 e. The predicted molar refractivity (Wildman–Crippen MR) is 432 cm³/mol. The predicted octanol–water partition coefficient (Wildman–Crippen LogP) is 15.5. The molecule has 14 rings (SSSR count). The normalized spacial score (nSPS) is 11.9. The lowest BCUT2D eigenvalue weighted by Gasteiger charge is -2.26. The third-order valence-corrected chi connectivity index (χ3v) is 20.7. The van der Waals surface area contributed by atoms with Gasteiger partial charge in [0, 0.05) is 113 Å². The molecule has 0 amide bonds. The molecule has 564 valence electrons. The van der Waals surface area contributed by atoms with Gasteiger partial charge in [0.15, 0.2) is 0 Å². The SMILES string of the molecule is CCN(CC)Cc1ccc(-n2c(C)nc(C)cc2=O)cc1F.CCOc1ccc(-c2ncc(-n3cc(C)cc(C)c3=O)s2)cc1.Cc1cc(=O)n(-c2ccc(CN3CCOCC3)c(F)c2)c(C)n1.Cc1cc(C)c(=O)n(-c2cnc(-c3ccc(O)cc3)s2)c1.Cc1cc(C)c(=O)n(-c2cnc(-c3ccccc3)s2)c1. The molecule has 1 saturated heterocycles. The van der Waals surface area contributed by atoms with Crippen LogP contribution in [0.25, 0.3) is 58.1 Å². The van der Waals surface area contributed by atoms with Crippen molar-refractivity contribution in [3.8, 4) is 69.6 Å². The summed E-state index contributed by atoms with van der Waals surface area (Å²) in [6.45, 7) is 31.0. The zero-order valence-corrected chi connectivity index (χ0v) is 65.8. The van der Waals surface area contributed by atoms with Gasteiger partial charge in [-0.1, -0.05) is 90.3 Å². The van der Waals surface area contributed by atoms with Crippen molar-refractivity contribution in [2.24, 2.45) is 0 Å². The van der Waals surface area contributed by atoms with Crippen molar-refractivity contribution < 1.29 is 23.4 Å². The van der Waals surface area contributed by atoms with Crippen molar-refractivity contribution in [2.45, 2.75) is 103 Å². The Morgan fingerprint density at radius 3 is 1.27 bits per heavy atom. The number of hydrogen-bond donors (Lipinski definition) is 1. The topological polar surface area (TPSA) is 220 Å². The van der Waals surface area contributed by atoms with Crippen LogP contribution in [-0.2, 0) is 17.8 Å². The van der Waals surface area contributed by atoms with Gasteiger partial charge in [0.25, 0.3) is 27.8 Å². The van der Waals surface area contributed by atoms with E-state index in [9.17, 15) is 37.9 Å². The third-order valence-electron chi connectivity index (χ3n) is 17.5. The summed E-state index contributed by atoms with van der Waals surface area (Å²) in [5, 5.41) is 14.4. The van der Waals surface area contributed by atoms with Crippen LogP contribution in [0.15, 0.2) is 207 Å². The number of thiazole rings is 3. The first-order valence-corrected chi connectivity index (χ1v) is 38.0. The number of benzene rings is 5. The van der Waals surface area contributed by atoms with Crippen LogP contribution in [0.3, 0.4) is 0 Å². The van der Waals surface area contributed by atoms with Crippen molar-refractivity contribution in [3.05, 3.63) is 314 Å². The highest BCUT2D eigenvalue weighted by Gasteiger charge is 2.18. The molecule has 1 aliphatic rings. The Hall–Kier alpha value is -11.1. The number of ether oxygens (including phenoxy) is 2. The van der Waals surface area contributed by atoms with Gasteiger partial charge in [0.05, 0.1) is 49.8 Å². The second kappa shape index (κ2) is 37.2. The summed E-state index contributed by atoms with van der Waals surface area (Å²) in [5.41, 5.74) is 11.6. The number of nitrogens with zero attached hydrogens (tertiary/aromatic N) is 12. The minimum Gasteiger partial charge on any atom is -0.508 e. The number of rotatable bonds is 16. The zero-order chi connectivity index (χ0) is 78.2. The summed E-state index contributed by atoms with van der Waals surface area (Å²) in [6.07, 6.45) is 10.7. The van der Waals surface area contributed by atoms with Gasteiger partial charge < -0.3 is 14.6 Å². The molecule has 5 aromatic carbocycles. The standard InChI is InChI=1S/C18H18N2O2S.C17H20FN3O2.C17H22FN3O.C16H14N2O2S.C16H14N2OS/c1-4-22-15-7-5-14(6-8-15)17-19-10-16(23-17)20-11-12(2)9-13(3)18(20)21;1-12-9-17(22)21(13(2)19-12)15-4-3-14(16(18)10-15)11-20-5-7-23-8-6-20;1-5-20(6-2)11-14-7-8-15(10-16(14)18)21-13(4)19-12(3)9-17(21)22;1-10-7-11(2)16(20)18(9-10)14-8-17-15(21-14)12-3-5-13(19)6-4-12;1-11-8-12(2)16(19)18(10-11)14-9-17-15(20-14)13-6-4-3-5-7-13/h5-11H,4H2,1-3H3;3-4,9-10H,5-8,11H2,1-2H3;7-10H,5-6,11H2,1-4H3;3-9,19H,1-2H3;3-10H,1-2H3. The zero-order valence-electron chi connectivity index (χ0n) is 63.3. The first-order chi connectivity index (χ1) is 52.3. The molecule has 25 heteroatoms. The number of pyridine rings is 3. The second-order valence-corrected chi connectivity index (χ2v) is 29.2. The molecule has 0 bridgehead atoms. The molecule has 8 aromatic heterocycles. The molecule has 0 aliphatic carbocycles. The van der Waals surface area contributed by atoms with Gasteiger partial charge in [-0.05, 0) is 197 Å². The quantitative estimate of drug-likeness (QED) is 0.0951. The van der Waals surface area contributed by atoms with Gasteiger partial charge in [0.1, 0.15) is 64.8 Å². The first kappa shape index (κ1) is 80.5. The van der Waals surface area contributed by atoms with E-state index in [0.29, 0.717) is 78.4 Å². The van der Waals surface area contributed by atoms with Crippen molar-refractivity contribution in [2.75, 3.05) is 46.0 Å². The molecular formula is C84H88F2N12O8S3. The summed E-state index contributed by atoms with van der Waals surface area (Å²) in [6, 6.07) is 43.1. The van der Waals surface area contributed by atoms with Crippen LogP contribution in [0.2, 0.25) is 0 Å². The molecule has 109 heavy (non-hydrogen) atoms. The molecule has 9 heterocycles. The van der Waals surface area contributed by atoms with Gasteiger partial charge >= 0.3 is 0 Å². The van der Waals surface area contributed by atoms with Gasteiger partial charge in [-0.2, -0.15) is 0 Å². The van der Waals surface area contributed by atoms with E-state index in [0.717, 1.165) is 112 Å². The van der Waals surface area contributed by atoms with Crippen molar-refractivity contribution >= 4 is 34.0 Å². The Morgan fingerprint density at radius 2 is 0.881 bits per heavy atom. The lowest BCUT2D eigenvalue weighted by atomic mass is 10.1. The number of phenols is 1. The number of halogens is 2. The Labute approximate surface area is 643 Å². The molecule has 20 nitrogen and oxygen atoms in total. The number of phenolic OH excluding ortho intramolecular Hbond substituents is 1. The third kappa shape index (κ3) is 20.8. The lowest BCUT2D eigenvalue weighted by Crippen LogP contribution is -2.35. The van der Waals surface area contributed by atoms with E-state index in [1.807, 2.05) is 152 Å². The summed E-state index contributed by atoms with van der Waals surface area (Å²) in [5.74, 6) is 1.58. The molecule has 1 fully saturated rings. The minimum absolute atomic E-state index is 0.00232. The lowest BCUT2D eigenvalue weighted by molar-refractivity contribution is 0.0337. The van der Waals surface area contributed by atoms with E-state index in [1.54, 1.807) is 96.4 Å². The Morgan fingerprint density at radius 1 is 0.486 bits per heavy atom. The summed E-state index contributed by atoms with van der Waals surface area (Å²) in [7, 11) is 0. The second-order valence-electron chi connectivity index (χ2n) is 26.1. The fourth-order valence-electron chi connectivity index (χ4n) is 12.1. The van der Waals surface area contributed by atoms with Gasteiger partial charge in [-0.25, -0.2) is 33.7 Å². The van der Waals surface area contributed by atoms with Crippen LogP contribution in [0.1, 0.15) is 88.3 Å². The summed E-state index contributed by atoms with van der Waals surface area (Å²) in [4.78, 5) is 87.1. The van der Waals surface area contributed by atoms with E-state index in [-0.39, 0.29) is 45.2 Å². The molecule has 0 spiro atoms. The average molecular weight is 1530 g/mol. The minimum atomic E-state index is -0.305. The molecular weight excluding hydrogens is 1440 g/mol. The Kier molecular flexibility index (Phi) is 27.4. The van der Waals surface area contributed by atoms with Crippen LogP contribution in [0.5, 0.6) is 11.5 Å². The summed E-state index contributed by atoms with van der Waals surface area (Å²) >= 11 is 4.47. The Bertz CT molecular complexity index is 5620. The van der Waals surface area contributed by atoms with Crippen LogP contribution in [-0.4, -0.2) is 109 Å². The molecule has 13 aromatic rings. The van der Waals surface area contributed by atoms with Crippen LogP contribution >= 0.6 is 34.0 Å². The van der Waals surface area contributed by atoms with Crippen molar-refractivity contribution in [1.29, 1.82) is 0 Å². The maximum absolute atomic E-state index is 14.4. The van der Waals surface area contributed by atoms with E-state index in [4.69, 9.17) is 9.47 Å². The summed E-state index contributed by atoms with van der Waals surface area (Å²) < 4.78 is 47.4. The maximum atomic E-state index is 14.4. The molecule has 0 unspecified atom stereocenters. The van der Waals surface area contributed by atoms with E-state index in [2.05, 4.69) is 48.6 Å². The molecule has 0 radical (unpaired) electrons. The van der Waals surface area contributed by atoms with Gasteiger partial charge in [0.2, 0.25) is 0 Å². The molecule has 0 saturated carbocycles. The number of aryl methyl sites for hydroxylation is 10.